The van der Waals surface area contributed by atoms with E-state index in [2.05, 4.69) is 10.3 Å². The largest absolute Gasteiger partial charge is 0.321 e. The maximum absolute atomic E-state index is 12.8. The van der Waals surface area contributed by atoms with Gasteiger partial charge >= 0.3 is 0 Å². The predicted octanol–water partition coefficient (Wildman–Crippen LogP) is 4.26. The molecule has 2 aromatic heterocycles. The predicted molar refractivity (Wildman–Crippen MR) is 79.8 cm³/mol. The van der Waals surface area contributed by atoms with Gasteiger partial charge in [0.25, 0.3) is 5.91 Å². The van der Waals surface area contributed by atoms with Gasteiger partial charge in [0.15, 0.2) is 0 Å². The van der Waals surface area contributed by atoms with Crippen molar-refractivity contribution < 1.29 is 9.18 Å². The number of carbonyl (C=O) groups is 1. The number of rotatable bonds is 3. The molecule has 100 valence electrons. The molecule has 0 saturated heterocycles. The average Bonchev–Trinajstić information content (AvgIpc) is 3.11. The summed E-state index contributed by atoms with van der Waals surface area (Å²) in [6, 6.07) is 9.53. The Kier molecular flexibility index (Phi) is 3.58. The third-order valence-electron chi connectivity index (χ3n) is 2.57. The van der Waals surface area contributed by atoms with Crippen molar-refractivity contribution in [2.24, 2.45) is 0 Å². The summed E-state index contributed by atoms with van der Waals surface area (Å²) in [6.45, 7) is 0. The summed E-state index contributed by atoms with van der Waals surface area (Å²) >= 11 is 3.01. The average molecular weight is 304 g/mol. The van der Waals surface area contributed by atoms with E-state index in [0.717, 1.165) is 9.88 Å². The summed E-state index contributed by atoms with van der Waals surface area (Å²) in [6.07, 6.45) is 0. The molecule has 0 aliphatic rings. The van der Waals surface area contributed by atoms with Gasteiger partial charge < -0.3 is 5.32 Å². The lowest BCUT2D eigenvalue weighted by Gasteiger charge is -2.02. The molecule has 0 atom stereocenters. The molecule has 0 aliphatic heterocycles. The zero-order valence-electron chi connectivity index (χ0n) is 10.2. The van der Waals surface area contributed by atoms with Crippen LogP contribution >= 0.6 is 22.7 Å². The molecular weight excluding hydrogens is 295 g/mol. The minimum Gasteiger partial charge on any atom is -0.321 e. The summed E-state index contributed by atoms with van der Waals surface area (Å²) in [4.78, 5) is 17.4. The van der Waals surface area contributed by atoms with Crippen molar-refractivity contribution in [2.45, 2.75) is 0 Å². The van der Waals surface area contributed by atoms with Crippen LogP contribution in [0.4, 0.5) is 10.1 Å². The fraction of sp³-hybridized carbons (Fsp3) is 0. The van der Waals surface area contributed by atoms with Gasteiger partial charge in [0, 0.05) is 11.1 Å². The standard InChI is InChI=1S/C14H9FN2OS2/c15-9-3-5-10(6-4-9)16-13(18)11-8-20-14(17-11)12-2-1-7-19-12/h1-8H,(H,16,18). The molecule has 0 bridgehead atoms. The third-order valence-corrected chi connectivity index (χ3v) is 4.45. The summed E-state index contributed by atoms with van der Waals surface area (Å²) in [5.74, 6) is -0.632. The van der Waals surface area contributed by atoms with Gasteiger partial charge in [-0.25, -0.2) is 9.37 Å². The number of thiophene rings is 1. The van der Waals surface area contributed by atoms with E-state index >= 15 is 0 Å². The fourth-order valence-electron chi connectivity index (χ4n) is 1.62. The lowest BCUT2D eigenvalue weighted by Crippen LogP contribution is -2.12. The Morgan fingerprint density at radius 3 is 2.65 bits per heavy atom. The molecule has 1 amide bonds. The first-order chi connectivity index (χ1) is 9.72. The molecule has 0 saturated carbocycles. The minimum absolute atomic E-state index is 0.296. The number of nitrogens with zero attached hydrogens (tertiary/aromatic N) is 1. The molecule has 3 rings (SSSR count). The van der Waals surface area contributed by atoms with Crippen LogP contribution in [-0.4, -0.2) is 10.9 Å². The van der Waals surface area contributed by atoms with Crippen LogP contribution in [0.5, 0.6) is 0 Å². The highest BCUT2D eigenvalue weighted by Gasteiger charge is 2.12. The van der Waals surface area contributed by atoms with Gasteiger partial charge in [-0.2, -0.15) is 0 Å². The molecule has 1 N–H and O–H groups in total. The number of hydrogen-bond donors (Lipinski definition) is 1. The van der Waals surface area contributed by atoms with Crippen LogP contribution < -0.4 is 5.32 Å². The molecule has 0 unspecified atom stereocenters. The Morgan fingerprint density at radius 1 is 1.15 bits per heavy atom. The van der Waals surface area contributed by atoms with E-state index < -0.39 is 0 Å². The SMILES string of the molecule is O=C(Nc1ccc(F)cc1)c1csc(-c2cccs2)n1. The topological polar surface area (TPSA) is 42.0 Å². The highest BCUT2D eigenvalue weighted by atomic mass is 32.1. The lowest BCUT2D eigenvalue weighted by atomic mass is 10.3. The Labute approximate surface area is 122 Å². The Hall–Kier alpha value is -2.05. The quantitative estimate of drug-likeness (QED) is 0.785. The Balaban J connectivity index is 1.76. The second-order valence-electron chi connectivity index (χ2n) is 3.98. The monoisotopic (exact) mass is 304 g/mol. The highest BCUT2D eigenvalue weighted by Crippen LogP contribution is 2.28. The number of amides is 1. The van der Waals surface area contributed by atoms with Crippen molar-refractivity contribution in [2.75, 3.05) is 5.32 Å². The van der Waals surface area contributed by atoms with Gasteiger partial charge in [-0.05, 0) is 35.7 Å². The van der Waals surface area contributed by atoms with E-state index in [1.807, 2.05) is 17.5 Å². The Morgan fingerprint density at radius 2 is 1.95 bits per heavy atom. The zero-order chi connectivity index (χ0) is 13.9. The van der Waals surface area contributed by atoms with Crippen molar-refractivity contribution in [3.63, 3.8) is 0 Å². The number of hydrogen-bond acceptors (Lipinski definition) is 4. The molecule has 20 heavy (non-hydrogen) atoms. The van der Waals surface area contributed by atoms with E-state index in [9.17, 15) is 9.18 Å². The van der Waals surface area contributed by atoms with Crippen molar-refractivity contribution in [1.29, 1.82) is 0 Å². The minimum atomic E-state index is -0.336. The normalized spacial score (nSPS) is 10.4. The van der Waals surface area contributed by atoms with Crippen LogP contribution in [0.2, 0.25) is 0 Å². The number of thiazole rings is 1. The number of carbonyl (C=O) groups excluding carboxylic acids is 1. The second kappa shape index (κ2) is 5.52. The molecule has 2 heterocycles. The molecule has 0 aliphatic carbocycles. The molecule has 0 spiro atoms. The van der Waals surface area contributed by atoms with E-state index in [-0.39, 0.29) is 11.7 Å². The molecule has 0 fully saturated rings. The van der Waals surface area contributed by atoms with Crippen LogP contribution in [-0.2, 0) is 0 Å². The number of anilines is 1. The van der Waals surface area contributed by atoms with Gasteiger partial charge in [0.05, 0.1) is 4.88 Å². The van der Waals surface area contributed by atoms with Crippen LogP contribution in [0.1, 0.15) is 10.5 Å². The van der Waals surface area contributed by atoms with Crippen molar-refractivity contribution in [1.82, 2.24) is 4.98 Å². The number of nitrogens with one attached hydrogen (secondary N) is 1. The van der Waals surface area contributed by atoms with Crippen molar-refractivity contribution >= 4 is 34.3 Å². The maximum atomic E-state index is 12.8. The molecule has 3 aromatic rings. The summed E-state index contributed by atoms with van der Waals surface area (Å²) in [5, 5.41) is 7.19. The van der Waals surface area contributed by atoms with E-state index in [1.54, 1.807) is 16.7 Å². The summed E-state index contributed by atoms with van der Waals surface area (Å²) < 4.78 is 12.8. The number of aromatic nitrogens is 1. The fourth-order valence-corrected chi connectivity index (χ4v) is 3.23. The Bertz CT molecular complexity index is 720. The molecule has 3 nitrogen and oxygen atoms in total. The first-order valence-electron chi connectivity index (χ1n) is 5.79. The van der Waals surface area contributed by atoms with Gasteiger partial charge in [0.1, 0.15) is 16.5 Å². The lowest BCUT2D eigenvalue weighted by molar-refractivity contribution is 0.102. The molecule has 6 heteroatoms. The summed E-state index contributed by atoms with van der Waals surface area (Å²) in [7, 11) is 0. The summed E-state index contributed by atoms with van der Waals surface area (Å²) in [5.41, 5.74) is 0.907. The van der Waals surface area contributed by atoms with Crippen LogP contribution in [0.25, 0.3) is 9.88 Å². The third kappa shape index (κ3) is 2.76. The second-order valence-corrected chi connectivity index (χ2v) is 5.78. The van der Waals surface area contributed by atoms with Crippen molar-refractivity contribution in [3.05, 3.63) is 58.7 Å². The zero-order valence-corrected chi connectivity index (χ0v) is 11.8. The van der Waals surface area contributed by atoms with Crippen LogP contribution in [0.15, 0.2) is 47.2 Å². The van der Waals surface area contributed by atoms with E-state index in [1.165, 1.54) is 35.6 Å². The van der Waals surface area contributed by atoms with E-state index in [0.29, 0.717) is 11.4 Å². The molecule has 0 radical (unpaired) electrons. The van der Waals surface area contributed by atoms with Gasteiger partial charge in [0.2, 0.25) is 0 Å². The number of benzene rings is 1. The highest BCUT2D eigenvalue weighted by molar-refractivity contribution is 7.20. The molecular formula is C14H9FN2OS2. The molecule has 1 aromatic carbocycles. The van der Waals surface area contributed by atoms with Crippen LogP contribution in [0.3, 0.4) is 0 Å². The first kappa shape index (κ1) is 13.0. The smallest absolute Gasteiger partial charge is 0.275 e. The van der Waals surface area contributed by atoms with Crippen LogP contribution in [0, 0.1) is 5.82 Å². The van der Waals surface area contributed by atoms with Crippen molar-refractivity contribution in [3.8, 4) is 9.88 Å². The van der Waals surface area contributed by atoms with Gasteiger partial charge in [-0.3, -0.25) is 4.79 Å². The maximum Gasteiger partial charge on any atom is 0.275 e. The first-order valence-corrected chi connectivity index (χ1v) is 7.54. The van der Waals surface area contributed by atoms with E-state index in [4.69, 9.17) is 0 Å². The van der Waals surface area contributed by atoms with Gasteiger partial charge in [-0.1, -0.05) is 6.07 Å². The van der Waals surface area contributed by atoms with Gasteiger partial charge in [-0.15, -0.1) is 22.7 Å². The number of halogens is 1.